The standard InChI is InChI=1S/C13H25N3O/c1-14-13(17)12-3-2-9-16(12)10-6-11-4-7-15-8-5-11/h11-12,15H,2-10H2,1H3,(H,14,17). The van der Waals surface area contributed by atoms with Crippen molar-refractivity contribution in [1.29, 1.82) is 0 Å². The Morgan fingerprint density at radius 2 is 2.12 bits per heavy atom. The maximum atomic E-state index is 11.7. The molecule has 1 unspecified atom stereocenters. The molecule has 2 aliphatic heterocycles. The zero-order chi connectivity index (χ0) is 12.1. The highest BCUT2D eigenvalue weighted by molar-refractivity contribution is 5.81. The number of piperidine rings is 1. The van der Waals surface area contributed by atoms with Crippen LogP contribution in [0.4, 0.5) is 0 Å². The topological polar surface area (TPSA) is 44.4 Å². The molecule has 0 spiro atoms. The maximum absolute atomic E-state index is 11.7. The lowest BCUT2D eigenvalue weighted by Crippen LogP contribution is -2.42. The zero-order valence-electron chi connectivity index (χ0n) is 10.9. The molecule has 4 nitrogen and oxygen atoms in total. The highest BCUT2D eigenvalue weighted by atomic mass is 16.2. The number of hydrogen-bond donors (Lipinski definition) is 2. The van der Waals surface area contributed by atoms with E-state index in [1.54, 1.807) is 7.05 Å². The largest absolute Gasteiger partial charge is 0.358 e. The second kappa shape index (κ2) is 6.36. The quantitative estimate of drug-likeness (QED) is 0.754. The molecule has 2 fully saturated rings. The van der Waals surface area contributed by atoms with E-state index in [-0.39, 0.29) is 11.9 Å². The molecule has 2 heterocycles. The van der Waals surface area contributed by atoms with Crippen molar-refractivity contribution in [2.24, 2.45) is 5.92 Å². The third-order valence-corrected chi connectivity index (χ3v) is 4.20. The van der Waals surface area contributed by atoms with E-state index in [0.29, 0.717) is 0 Å². The van der Waals surface area contributed by atoms with Crippen LogP contribution in [0.15, 0.2) is 0 Å². The minimum absolute atomic E-state index is 0.140. The Bertz CT molecular complexity index is 251. The molecule has 17 heavy (non-hydrogen) atoms. The molecule has 2 N–H and O–H groups in total. The molecule has 1 atom stereocenters. The van der Waals surface area contributed by atoms with Crippen LogP contribution in [0.2, 0.25) is 0 Å². The number of amides is 1. The number of carbonyl (C=O) groups excluding carboxylic acids is 1. The van der Waals surface area contributed by atoms with E-state index in [1.807, 2.05) is 0 Å². The first kappa shape index (κ1) is 12.8. The second-order valence-electron chi connectivity index (χ2n) is 5.29. The van der Waals surface area contributed by atoms with Gasteiger partial charge in [-0.2, -0.15) is 0 Å². The van der Waals surface area contributed by atoms with Crippen LogP contribution in [0.25, 0.3) is 0 Å². The van der Waals surface area contributed by atoms with Gasteiger partial charge in [0.1, 0.15) is 0 Å². The number of nitrogens with one attached hydrogen (secondary N) is 2. The van der Waals surface area contributed by atoms with Crippen LogP contribution in [-0.2, 0) is 4.79 Å². The highest BCUT2D eigenvalue weighted by Gasteiger charge is 2.30. The molecule has 0 radical (unpaired) electrons. The Kier molecular flexibility index (Phi) is 4.80. The molecule has 0 aliphatic carbocycles. The van der Waals surface area contributed by atoms with Crippen molar-refractivity contribution in [2.45, 2.75) is 38.1 Å². The van der Waals surface area contributed by atoms with Crippen molar-refractivity contribution in [3.8, 4) is 0 Å². The summed E-state index contributed by atoms with van der Waals surface area (Å²) in [7, 11) is 1.74. The van der Waals surface area contributed by atoms with Gasteiger partial charge in [0.15, 0.2) is 0 Å². The van der Waals surface area contributed by atoms with Gasteiger partial charge in [-0.05, 0) is 64.2 Å². The summed E-state index contributed by atoms with van der Waals surface area (Å²) in [4.78, 5) is 14.1. The van der Waals surface area contributed by atoms with Crippen molar-refractivity contribution in [3.05, 3.63) is 0 Å². The SMILES string of the molecule is CNC(=O)C1CCCN1CCC1CCNCC1. The van der Waals surface area contributed by atoms with Crippen molar-refractivity contribution >= 4 is 5.91 Å². The van der Waals surface area contributed by atoms with Crippen LogP contribution in [0, 0.1) is 5.92 Å². The smallest absolute Gasteiger partial charge is 0.237 e. The van der Waals surface area contributed by atoms with E-state index in [0.717, 1.165) is 25.4 Å². The lowest BCUT2D eigenvalue weighted by Gasteiger charge is -2.27. The van der Waals surface area contributed by atoms with E-state index < -0.39 is 0 Å². The average Bonchev–Trinajstić information content (AvgIpc) is 2.85. The summed E-state index contributed by atoms with van der Waals surface area (Å²) in [6.07, 6.45) is 6.07. The molecular formula is C13H25N3O. The van der Waals surface area contributed by atoms with Crippen LogP contribution in [0.3, 0.4) is 0 Å². The lowest BCUT2D eigenvalue weighted by molar-refractivity contribution is -0.125. The normalized spacial score (nSPS) is 27.2. The van der Waals surface area contributed by atoms with Crippen LogP contribution < -0.4 is 10.6 Å². The maximum Gasteiger partial charge on any atom is 0.237 e. The Morgan fingerprint density at radius 1 is 1.35 bits per heavy atom. The van der Waals surface area contributed by atoms with Gasteiger partial charge in [-0.25, -0.2) is 0 Å². The van der Waals surface area contributed by atoms with Gasteiger partial charge in [-0.1, -0.05) is 0 Å². The fourth-order valence-electron chi connectivity index (χ4n) is 3.08. The van der Waals surface area contributed by atoms with Crippen molar-refractivity contribution in [1.82, 2.24) is 15.5 Å². The van der Waals surface area contributed by atoms with E-state index in [4.69, 9.17) is 0 Å². The van der Waals surface area contributed by atoms with Gasteiger partial charge in [-0.15, -0.1) is 0 Å². The minimum Gasteiger partial charge on any atom is -0.358 e. The molecule has 1 amide bonds. The van der Waals surface area contributed by atoms with Gasteiger partial charge in [0.2, 0.25) is 5.91 Å². The van der Waals surface area contributed by atoms with Crippen molar-refractivity contribution in [2.75, 3.05) is 33.2 Å². The Labute approximate surface area is 104 Å². The summed E-state index contributed by atoms with van der Waals surface area (Å²) < 4.78 is 0. The molecule has 0 aromatic carbocycles. The zero-order valence-corrected chi connectivity index (χ0v) is 10.9. The summed E-state index contributed by atoms with van der Waals surface area (Å²) in [6, 6.07) is 0.140. The number of likely N-dealkylation sites (tertiary alicyclic amines) is 1. The van der Waals surface area contributed by atoms with E-state index >= 15 is 0 Å². The molecule has 0 saturated carbocycles. The number of likely N-dealkylation sites (N-methyl/N-ethyl adjacent to an activating group) is 1. The van der Waals surface area contributed by atoms with Gasteiger partial charge in [0, 0.05) is 7.05 Å². The number of rotatable bonds is 4. The molecule has 0 aromatic heterocycles. The number of carbonyl (C=O) groups is 1. The third kappa shape index (κ3) is 3.42. The third-order valence-electron chi connectivity index (χ3n) is 4.20. The Morgan fingerprint density at radius 3 is 2.82 bits per heavy atom. The first-order valence-corrected chi connectivity index (χ1v) is 6.97. The summed E-state index contributed by atoms with van der Waals surface area (Å²) in [6.45, 7) is 4.54. The van der Waals surface area contributed by atoms with Crippen molar-refractivity contribution < 1.29 is 4.79 Å². The molecular weight excluding hydrogens is 214 g/mol. The molecule has 0 aromatic rings. The van der Waals surface area contributed by atoms with Gasteiger partial charge in [-0.3, -0.25) is 9.69 Å². The van der Waals surface area contributed by atoms with Crippen LogP contribution in [0.1, 0.15) is 32.1 Å². The van der Waals surface area contributed by atoms with Gasteiger partial charge >= 0.3 is 0 Å². The summed E-state index contributed by atoms with van der Waals surface area (Å²) in [5.41, 5.74) is 0. The van der Waals surface area contributed by atoms with E-state index in [9.17, 15) is 4.79 Å². The predicted octanol–water partition coefficient (Wildman–Crippen LogP) is 0.587. The predicted molar refractivity (Wildman–Crippen MR) is 68.9 cm³/mol. The Balaban J connectivity index is 1.75. The first-order valence-electron chi connectivity index (χ1n) is 6.97. The lowest BCUT2D eigenvalue weighted by atomic mass is 9.94. The summed E-state index contributed by atoms with van der Waals surface area (Å²) in [5, 5.41) is 6.19. The minimum atomic E-state index is 0.140. The summed E-state index contributed by atoms with van der Waals surface area (Å²) >= 11 is 0. The molecule has 2 aliphatic rings. The Hall–Kier alpha value is -0.610. The first-order chi connectivity index (χ1) is 8.31. The van der Waals surface area contributed by atoms with E-state index in [1.165, 1.54) is 38.8 Å². The molecule has 4 heteroatoms. The molecule has 2 rings (SSSR count). The van der Waals surface area contributed by atoms with E-state index in [2.05, 4.69) is 15.5 Å². The number of nitrogens with zero attached hydrogens (tertiary/aromatic N) is 1. The molecule has 2 saturated heterocycles. The highest BCUT2D eigenvalue weighted by Crippen LogP contribution is 2.21. The fourth-order valence-corrected chi connectivity index (χ4v) is 3.08. The summed E-state index contributed by atoms with van der Waals surface area (Å²) in [5.74, 6) is 1.06. The monoisotopic (exact) mass is 239 g/mol. The van der Waals surface area contributed by atoms with Gasteiger partial charge in [0.25, 0.3) is 0 Å². The second-order valence-corrected chi connectivity index (χ2v) is 5.29. The van der Waals surface area contributed by atoms with Crippen LogP contribution in [0.5, 0.6) is 0 Å². The van der Waals surface area contributed by atoms with Gasteiger partial charge < -0.3 is 10.6 Å². The van der Waals surface area contributed by atoms with Crippen LogP contribution >= 0.6 is 0 Å². The molecule has 0 bridgehead atoms. The van der Waals surface area contributed by atoms with Gasteiger partial charge in [0.05, 0.1) is 6.04 Å². The fraction of sp³-hybridized carbons (Fsp3) is 0.923. The number of hydrogen-bond acceptors (Lipinski definition) is 3. The van der Waals surface area contributed by atoms with Crippen molar-refractivity contribution in [3.63, 3.8) is 0 Å². The van der Waals surface area contributed by atoms with Crippen LogP contribution in [-0.4, -0.2) is 50.1 Å². The molecule has 98 valence electrons. The average molecular weight is 239 g/mol.